The van der Waals surface area contributed by atoms with Crippen LogP contribution in [0.2, 0.25) is 0 Å². The minimum absolute atomic E-state index is 0. The molecule has 0 fully saturated rings. The van der Waals surface area contributed by atoms with Crippen LogP contribution >= 0.6 is 9.90 Å². The SMILES string of the molecule is F.P.[O]=[Sn]. The Morgan fingerprint density at radius 2 is 1.25 bits per heavy atom. The van der Waals surface area contributed by atoms with Crippen LogP contribution in [0.15, 0.2) is 0 Å². The van der Waals surface area contributed by atoms with Gasteiger partial charge >= 0.3 is 25.6 Å². The minimum atomic E-state index is 0. The zero-order valence-electron chi connectivity index (χ0n) is 2.02. The Hall–Kier alpha value is 0.959. The average Bonchev–Trinajstić information content (AvgIpc) is 1.00. The van der Waals surface area contributed by atoms with Crippen LogP contribution in [0.1, 0.15) is 0 Å². The topological polar surface area (TPSA) is 17.1 Å². The molecule has 0 aliphatic rings. The van der Waals surface area contributed by atoms with Crippen LogP contribution in [0.5, 0.6) is 0 Å². The molecule has 1 nitrogen and oxygen atoms in total. The Labute approximate surface area is 40.6 Å². The van der Waals surface area contributed by atoms with E-state index in [1.54, 1.807) is 0 Å². The predicted octanol–water partition coefficient (Wildman–Crippen LogP) is -0.289. The van der Waals surface area contributed by atoms with Crippen molar-refractivity contribution in [2.45, 2.75) is 0 Å². The third kappa shape index (κ3) is 12.4. The molecule has 26 valence electrons. The molecule has 2 radical (unpaired) electrons. The molecule has 0 amide bonds. The summed E-state index contributed by atoms with van der Waals surface area (Å²) < 4.78 is 8.34. The van der Waals surface area contributed by atoms with E-state index in [0.29, 0.717) is 22.5 Å². The van der Waals surface area contributed by atoms with Gasteiger partial charge in [-0.1, -0.05) is 0 Å². The summed E-state index contributed by atoms with van der Waals surface area (Å²) in [5, 5.41) is 0. The first-order valence-corrected chi connectivity index (χ1v) is 1.37. The van der Waals surface area contributed by atoms with Crippen LogP contribution in [0, 0.1) is 0 Å². The number of rotatable bonds is 0. The molecule has 0 aromatic heterocycles. The van der Waals surface area contributed by atoms with Crippen molar-refractivity contribution < 1.29 is 7.78 Å². The molecule has 0 heterocycles. The van der Waals surface area contributed by atoms with Gasteiger partial charge in [-0.15, -0.1) is 0 Å². The van der Waals surface area contributed by atoms with Crippen molar-refractivity contribution in [1.29, 1.82) is 0 Å². The van der Waals surface area contributed by atoms with E-state index >= 15 is 0 Å². The summed E-state index contributed by atoms with van der Waals surface area (Å²) in [5.74, 6) is 0. The second-order valence-electron chi connectivity index (χ2n) is 0. The molecule has 0 N–H and O–H groups in total. The summed E-state index contributed by atoms with van der Waals surface area (Å²) >= 11 is 0.300. The van der Waals surface area contributed by atoms with E-state index in [1.807, 2.05) is 0 Å². The van der Waals surface area contributed by atoms with E-state index in [0.717, 1.165) is 0 Å². The number of hydrogen-bond acceptors (Lipinski definition) is 1. The fraction of sp³-hybridized carbons (Fsp3) is 0. The van der Waals surface area contributed by atoms with Gasteiger partial charge in [0.25, 0.3) is 0 Å². The van der Waals surface area contributed by atoms with Gasteiger partial charge in [0.15, 0.2) is 0 Å². The van der Waals surface area contributed by atoms with E-state index in [4.69, 9.17) is 3.08 Å². The first-order valence-electron chi connectivity index (χ1n) is 0.204. The van der Waals surface area contributed by atoms with Gasteiger partial charge in [-0.05, 0) is 0 Å². The second-order valence-corrected chi connectivity index (χ2v) is 0. The van der Waals surface area contributed by atoms with Gasteiger partial charge in [0.05, 0.1) is 0 Å². The van der Waals surface area contributed by atoms with Crippen molar-refractivity contribution in [2.75, 3.05) is 0 Å². The third-order valence-electron chi connectivity index (χ3n) is 0. The molecule has 4 heteroatoms. The van der Waals surface area contributed by atoms with Crippen LogP contribution in [0.3, 0.4) is 0 Å². The van der Waals surface area contributed by atoms with Crippen LogP contribution in [0.4, 0.5) is 4.70 Å². The molecule has 0 saturated carbocycles. The Bertz CT molecular complexity index is 8.00. The third-order valence-corrected chi connectivity index (χ3v) is 0. The normalized spacial score (nSPS) is 1.00. The van der Waals surface area contributed by atoms with Gasteiger partial charge in [-0.25, -0.2) is 0 Å². The van der Waals surface area contributed by atoms with Crippen molar-refractivity contribution in [1.82, 2.24) is 0 Å². The Morgan fingerprint density at radius 3 is 1.25 bits per heavy atom. The average molecular weight is 189 g/mol. The molecule has 0 aromatic carbocycles. The zero-order chi connectivity index (χ0) is 2.00. The van der Waals surface area contributed by atoms with Crippen molar-refractivity contribution >= 4 is 32.4 Å². The molecule has 0 rings (SSSR count). The Balaban J connectivity index is -0.00000000500. The number of hydrogen-bond donors (Lipinski definition) is 0. The quantitative estimate of drug-likeness (QED) is 0.377. The van der Waals surface area contributed by atoms with Crippen molar-refractivity contribution in [3.63, 3.8) is 0 Å². The van der Waals surface area contributed by atoms with Crippen LogP contribution < -0.4 is 0 Å². The summed E-state index contributed by atoms with van der Waals surface area (Å²) in [4.78, 5) is 0. The zero-order valence-corrected chi connectivity index (χ0v) is 6.29. The second kappa shape index (κ2) is 37.7. The van der Waals surface area contributed by atoms with Gasteiger partial charge in [0, 0.05) is 0 Å². The molecule has 0 aromatic rings. The number of halogens is 1. The molecule has 4 heavy (non-hydrogen) atoms. The standard InChI is InChI=1S/FH.O.H3P.Sn/h1H;;1H3;. The van der Waals surface area contributed by atoms with Gasteiger partial charge in [0.2, 0.25) is 0 Å². The molecule has 0 aliphatic heterocycles. The van der Waals surface area contributed by atoms with Crippen molar-refractivity contribution in [3.05, 3.63) is 0 Å². The molecule has 0 aliphatic carbocycles. The van der Waals surface area contributed by atoms with Crippen LogP contribution in [-0.2, 0) is 3.08 Å². The summed E-state index contributed by atoms with van der Waals surface area (Å²) in [7, 11) is 0. The van der Waals surface area contributed by atoms with E-state index in [1.165, 1.54) is 0 Å². The van der Waals surface area contributed by atoms with Gasteiger partial charge in [-0.2, -0.15) is 9.90 Å². The summed E-state index contributed by atoms with van der Waals surface area (Å²) in [5.41, 5.74) is 0. The van der Waals surface area contributed by atoms with E-state index < -0.39 is 0 Å². The van der Waals surface area contributed by atoms with Crippen molar-refractivity contribution in [3.8, 4) is 0 Å². The van der Waals surface area contributed by atoms with Crippen LogP contribution in [-0.4, -0.2) is 22.5 Å². The maximum absolute atomic E-state index is 8.34. The van der Waals surface area contributed by atoms with E-state index in [9.17, 15) is 0 Å². The maximum atomic E-state index is 8.34. The fourth-order valence-electron chi connectivity index (χ4n) is 0. The Kier molecular flexibility index (Phi) is 191. The fourth-order valence-corrected chi connectivity index (χ4v) is 0. The van der Waals surface area contributed by atoms with E-state index in [-0.39, 0.29) is 14.6 Å². The Morgan fingerprint density at radius 1 is 1.25 bits per heavy atom. The molecule has 1 atom stereocenters. The molecule has 0 bridgehead atoms. The molecular formula is H4FOPSn. The van der Waals surface area contributed by atoms with Crippen LogP contribution in [0.25, 0.3) is 0 Å². The predicted molar refractivity (Wildman–Crippen MR) is 20.0 cm³/mol. The summed E-state index contributed by atoms with van der Waals surface area (Å²) in [6.07, 6.45) is 0. The van der Waals surface area contributed by atoms with E-state index in [2.05, 4.69) is 0 Å². The van der Waals surface area contributed by atoms with Gasteiger partial charge < -0.3 is 0 Å². The monoisotopic (exact) mass is 190 g/mol. The van der Waals surface area contributed by atoms with Gasteiger partial charge in [-0.3, -0.25) is 4.70 Å². The molecule has 0 saturated heterocycles. The van der Waals surface area contributed by atoms with Gasteiger partial charge in [0.1, 0.15) is 0 Å². The first-order chi connectivity index (χ1) is 1.00. The summed E-state index contributed by atoms with van der Waals surface area (Å²) in [6, 6.07) is 0. The summed E-state index contributed by atoms with van der Waals surface area (Å²) in [6.45, 7) is 0. The molecule has 1 unspecified atom stereocenters. The first kappa shape index (κ1) is 20.3. The molecular weight excluding hydrogens is 185 g/mol. The molecule has 0 spiro atoms. The van der Waals surface area contributed by atoms with Crippen molar-refractivity contribution in [2.24, 2.45) is 0 Å².